The van der Waals surface area contributed by atoms with Crippen LogP contribution in [0.2, 0.25) is 0 Å². The number of carboxylic acid groups (broad SMARTS) is 1. The zero-order valence-electron chi connectivity index (χ0n) is 10.5. The first-order valence-corrected chi connectivity index (χ1v) is 6.09. The summed E-state index contributed by atoms with van der Waals surface area (Å²) in [6, 6.07) is 2.21. The summed E-state index contributed by atoms with van der Waals surface area (Å²) in [6.07, 6.45) is -4.52. The highest BCUT2D eigenvalue weighted by Gasteiger charge is 2.35. The number of alkyl halides is 3. The molecule has 0 saturated carbocycles. The summed E-state index contributed by atoms with van der Waals surface area (Å²) in [4.78, 5) is 10.4. The second kappa shape index (κ2) is 5.60. The zero-order chi connectivity index (χ0) is 14.8. The molecule has 4 nitrogen and oxygen atoms in total. The summed E-state index contributed by atoms with van der Waals surface area (Å²) in [7, 11) is 0. The molecular weight excluding hydrogens is 277 g/mol. The van der Waals surface area contributed by atoms with E-state index in [4.69, 9.17) is 14.6 Å². The molecule has 0 aliphatic carbocycles. The number of rotatable bonds is 4. The van der Waals surface area contributed by atoms with Gasteiger partial charge in [0, 0.05) is 6.42 Å². The van der Waals surface area contributed by atoms with Gasteiger partial charge in [0.05, 0.1) is 5.56 Å². The van der Waals surface area contributed by atoms with Crippen LogP contribution in [-0.4, -0.2) is 24.3 Å². The molecule has 110 valence electrons. The predicted octanol–water partition coefficient (Wildman–Crippen LogP) is 2.88. The van der Waals surface area contributed by atoms with Crippen molar-refractivity contribution in [2.24, 2.45) is 0 Å². The van der Waals surface area contributed by atoms with Crippen molar-refractivity contribution < 1.29 is 32.5 Å². The standard InChI is InChI=1S/C13H13F3O4/c14-13(15,16)9-7-11-10(19-4-5-20-11)6-8(9)2-1-3-12(17)18/h6-7H,1-5H2,(H,17,18). The van der Waals surface area contributed by atoms with Gasteiger partial charge in [-0.05, 0) is 30.5 Å². The molecule has 0 atom stereocenters. The first-order valence-electron chi connectivity index (χ1n) is 6.09. The van der Waals surface area contributed by atoms with Crippen molar-refractivity contribution in [3.8, 4) is 11.5 Å². The molecule has 1 aromatic carbocycles. The van der Waals surface area contributed by atoms with Crippen LogP contribution in [0.15, 0.2) is 12.1 Å². The van der Waals surface area contributed by atoms with E-state index in [9.17, 15) is 18.0 Å². The lowest BCUT2D eigenvalue weighted by atomic mass is 10.00. The van der Waals surface area contributed by atoms with Gasteiger partial charge in [-0.2, -0.15) is 13.2 Å². The number of carboxylic acids is 1. The zero-order valence-corrected chi connectivity index (χ0v) is 10.5. The Morgan fingerprint density at radius 1 is 1.20 bits per heavy atom. The summed E-state index contributed by atoms with van der Waals surface area (Å²) in [5.74, 6) is -0.684. The highest BCUT2D eigenvalue weighted by molar-refractivity contribution is 5.66. The molecule has 0 aromatic heterocycles. The Hall–Kier alpha value is -1.92. The van der Waals surface area contributed by atoms with Crippen LogP contribution >= 0.6 is 0 Å². The molecule has 1 aliphatic heterocycles. The van der Waals surface area contributed by atoms with Gasteiger partial charge in [-0.15, -0.1) is 0 Å². The number of fused-ring (bicyclic) bond motifs is 1. The number of hydrogen-bond acceptors (Lipinski definition) is 3. The first-order chi connectivity index (χ1) is 9.38. The van der Waals surface area contributed by atoms with Gasteiger partial charge in [0.25, 0.3) is 0 Å². The summed E-state index contributed by atoms with van der Waals surface area (Å²) in [5.41, 5.74) is -0.768. The molecule has 1 aromatic rings. The van der Waals surface area contributed by atoms with Crippen molar-refractivity contribution in [1.29, 1.82) is 0 Å². The van der Waals surface area contributed by atoms with Crippen molar-refractivity contribution in [2.45, 2.75) is 25.4 Å². The average Bonchev–Trinajstić information content (AvgIpc) is 2.36. The van der Waals surface area contributed by atoms with Gasteiger partial charge in [-0.3, -0.25) is 4.79 Å². The van der Waals surface area contributed by atoms with E-state index >= 15 is 0 Å². The maximum Gasteiger partial charge on any atom is 0.416 e. The van der Waals surface area contributed by atoms with Crippen LogP contribution in [0.25, 0.3) is 0 Å². The topological polar surface area (TPSA) is 55.8 Å². The smallest absolute Gasteiger partial charge is 0.416 e. The normalized spacial score (nSPS) is 14.2. The molecule has 20 heavy (non-hydrogen) atoms. The van der Waals surface area contributed by atoms with Crippen LogP contribution in [0.1, 0.15) is 24.0 Å². The molecule has 1 N–H and O–H groups in total. The third-order valence-corrected chi connectivity index (χ3v) is 2.91. The van der Waals surface area contributed by atoms with Crippen molar-refractivity contribution in [3.05, 3.63) is 23.3 Å². The van der Waals surface area contributed by atoms with Crippen LogP contribution < -0.4 is 9.47 Å². The summed E-state index contributed by atoms with van der Waals surface area (Å²) < 4.78 is 49.4. The van der Waals surface area contributed by atoms with E-state index < -0.39 is 17.7 Å². The lowest BCUT2D eigenvalue weighted by Gasteiger charge is -2.22. The highest BCUT2D eigenvalue weighted by atomic mass is 19.4. The molecule has 0 fully saturated rings. The largest absolute Gasteiger partial charge is 0.486 e. The van der Waals surface area contributed by atoms with Crippen molar-refractivity contribution >= 4 is 5.97 Å². The van der Waals surface area contributed by atoms with Crippen LogP contribution in [0, 0.1) is 0 Å². The van der Waals surface area contributed by atoms with Crippen LogP contribution in [0.3, 0.4) is 0 Å². The predicted molar refractivity (Wildman–Crippen MR) is 63.0 cm³/mol. The Morgan fingerprint density at radius 2 is 1.80 bits per heavy atom. The van der Waals surface area contributed by atoms with Crippen LogP contribution in [0.5, 0.6) is 11.5 Å². The monoisotopic (exact) mass is 290 g/mol. The maximum atomic E-state index is 13.0. The van der Waals surface area contributed by atoms with Gasteiger partial charge in [0.2, 0.25) is 0 Å². The maximum absolute atomic E-state index is 13.0. The fourth-order valence-corrected chi connectivity index (χ4v) is 2.03. The number of hydrogen-bond donors (Lipinski definition) is 1. The van der Waals surface area contributed by atoms with Crippen LogP contribution in [0.4, 0.5) is 13.2 Å². The van der Waals surface area contributed by atoms with E-state index in [2.05, 4.69) is 0 Å². The molecule has 0 unspecified atom stereocenters. The Bertz CT molecular complexity index is 511. The van der Waals surface area contributed by atoms with Gasteiger partial charge in [-0.25, -0.2) is 0 Å². The third kappa shape index (κ3) is 3.34. The van der Waals surface area contributed by atoms with Gasteiger partial charge in [0.1, 0.15) is 13.2 Å². The minimum Gasteiger partial charge on any atom is -0.486 e. The third-order valence-electron chi connectivity index (χ3n) is 2.91. The molecule has 7 heteroatoms. The first kappa shape index (κ1) is 14.5. The van der Waals surface area contributed by atoms with E-state index in [-0.39, 0.29) is 49.5 Å². The average molecular weight is 290 g/mol. The highest BCUT2D eigenvalue weighted by Crippen LogP contribution is 2.40. The van der Waals surface area contributed by atoms with Crippen molar-refractivity contribution in [1.82, 2.24) is 0 Å². The minimum atomic E-state index is -4.51. The van der Waals surface area contributed by atoms with E-state index in [1.807, 2.05) is 0 Å². The molecule has 1 aliphatic rings. The quantitative estimate of drug-likeness (QED) is 0.926. The minimum absolute atomic E-state index is 0.0256. The lowest BCUT2D eigenvalue weighted by molar-refractivity contribution is -0.138. The summed E-state index contributed by atoms with van der Waals surface area (Å²) in [6.45, 7) is 0.496. The number of aryl methyl sites for hydroxylation is 1. The SMILES string of the molecule is O=C(O)CCCc1cc2c(cc1C(F)(F)F)OCCO2. The van der Waals surface area contributed by atoms with E-state index in [0.29, 0.717) is 0 Å². The molecule has 0 amide bonds. The Labute approximate surface area is 113 Å². The van der Waals surface area contributed by atoms with Gasteiger partial charge in [-0.1, -0.05) is 0 Å². The van der Waals surface area contributed by atoms with Gasteiger partial charge in [0.15, 0.2) is 11.5 Å². The number of benzene rings is 1. The molecule has 1 heterocycles. The van der Waals surface area contributed by atoms with Gasteiger partial charge >= 0.3 is 12.1 Å². The summed E-state index contributed by atoms with van der Waals surface area (Å²) in [5, 5.41) is 8.55. The lowest BCUT2D eigenvalue weighted by Crippen LogP contribution is -2.18. The molecule has 0 saturated heterocycles. The van der Waals surface area contributed by atoms with Gasteiger partial charge < -0.3 is 14.6 Å². The molecule has 0 radical (unpaired) electrons. The number of carbonyl (C=O) groups is 1. The van der Waals surface area contributed by atoms with E-state index in [0.717, 1.165) is 6.07 Å². The van der Waals surface area contributed by atoms with E-state index in [1.165, 1.54) is 6.07 Å². The number of aliphatic carboxylic acids is 1. The number of ether oxygens (including phenoxy) is 2. The number of halogens is 3. The fraction of sp³-hybridized carbons (Fsp3) is 0.462. The second-order valence-corrected chi connectivity index (χ2v) is 4.40. The van der Waals surface area contributed by atoms with Crippen LogP contribution in [-0.2, 0) is 17.4 Å². The van der Waals surface area contributed by atoms with Crippen molar-refractivity contribution in [2.75, 3.05) is 13.2 Å². The Kier molecular flexibility index (Phi) is 4.06. The molecule has 2 rings (SSSR count). The molecule has 0 bridgehead atoms. The molecule has 0 spiro atoms. The fourth-order valence-electron chi connectivity index (χ4n) is 2.03. The Morgan fingerprint density at radius 3 is 2.35 bits per heavy atom. The molecular formula is C13H13F3O4. The van der Waals surface area contributed by atoms with E-state index in [1.54, 1.807) is 0 Å². The summed E-state index contributed by atoms with van der Waals surface area (Å²) >= 11 is 0. The van der Waals surface area contributed by atoms with Crippen molar-refractivity contribution in [3.63, 3.8) is 0 Å². The second-order valence-electron chi connectivity index (χ2n) is 4.40. The Balaban J connectivity index is 2.29.